The fourth-order valence-electron chi connectivity index (χ4n) is 2.80. The van der Waals surface area contributed by atoms with E-state index in [2.05, 4.69) is 4.72 Å². The van der Waals surface area contributed by atoms with Gasteiger partial charge in [0.05, 0.1) is 4.90 Å². The van der Waals surface area contributed by atoms with E-state index in [1.165, 1.54) is 30.2 Å². The zero-order chi connectivity index (χ0) is 15.7. The highest BCUT2D eigenvalue weighted by Gasteiger charge is 2.26. The van der Waals surface area contributed by atoms with E-state index in [1.54, 1.807) is 12.1 Å². The maximum atomic E-state index is 12.4. The van der Waals surface area contributed by atoms with Gasteiger partial charge in [0.15, 0.2) is 5.78 Å². The lowest BCUT2D eigenvalue weighted by Gasteiger charge is -2.12. The molecule has 1 aliphatic carbocycles. The van der Waals surface area contributed by atoms with Crippen LogP contribution in [0.25, 0.3) is 0 Å². The van der Waals surface area contributed by atoms with Gasteiger partial charge in [-0.05, 0) is 43.0 Å². The van der Waals surface area contributed by atoms with Gasteiger partial charge < -0.3 is 0 Å². The van der Waals surface area contributed by atoms with Gasteiger partial charge in [0.1, 0.15) is 0 Å². The van der Waals surface area contributed by atoms with Crippen molar-refractivity contribution < 1.29 is 13.2 Å². The van der Waals surface area contributed by atoms with Gasteiger partial charge in [0.25, 0.3) is 0 Å². The smallest absolute Gasteiger partial charge is 0.240 e. The van der Waals surface area contributed by atoms with Crippen LogP contribution in [0.5, 0.6) is 0 Å². The molecule has 22 heavy (non-hydrogen) atoms. The van der Waals surface area contributed by atoms with Crippen LogP contribution in [0.4, 0.5) is 0 Å². The lowest BCUT2D eigenvalue weighted by Crippen LogP contribution is -2.35. The van der Waals surface area contributed by atoms with Crippen LogP contribution < -0.4 is 4.72 Å². The second-order valence-electron chi connectivity index (χ2n) is 5.58. The molecule has 1 N–H and O–H groups in total. The molecule has 0 aliphatic heterocycles. The Labute approximate surface area is 130 Å². The van der Waals surface area contributed by atoms with E-state index in [9.17, 15) is 13.2 Å². The molecule has 0 fully saturated rings. The molecule has 2 aromatic carbocycles. The van der Waals surface area contributed by atoms with Crippen LogP contribution in [0.15, 0.2) is 53.4 Å². The van der Waals surface area contributed by atoms with Crippen LogP contribution >= 0.6 is 0 Å². The number of sulfonamides is 1. The molecule has 2 aromatic rings. The second kappa shape index (κ2) is 5.66. The molecule has 3 rings (SSSR count). The van der Waals surface area contributed by atoms with Gasteiger partial charge in [-0.1, -0.05) is 36.4 Å². The van der Waals surface area contributed by atoms with Crippen LogP contribution in [-0.4, -0.2) is 20.2 Å². The van der Waals surface area contributed by atoms with E-state index in [-0.39, 0.29) is 16.7 Å². The zero-order valence-corrected chi connectivity index (χ0v) is 13.1. The Kier molecular flexibility index (Phi) is 3.85. The van der Waals surface area contributed by atoms with Crippen molar-refractivity contribution >= 4 is 15.8 Å². The monoisotopic (exact) mass is 315 g/mol. The number of Topliss-reactive ketones (excluding diaryl/α,β-unsaturated/α-hetero) is 1. The third kappa shape index (κ3) is 2.96. The molecule has 114 valence electrons. The SMILES string of the molecule is CC(=O)c1ccc(S(=O)(=O)NC2Cc3ccccc3C2)cc1. The maximum Gasteiger partial charge on any atom is 0.240 e. The summed E-state index contributed by atoms with van der Waals surface area (Å²) in [6, 6.07) is 13.9. The minimum Gasteiger partial charge on any atom is -0.295 e. The second-order valence-corrected chi connectivity index (χ2v) is 7.29. The summed E-state index contributed by atoms with van der Waals surface area (Å²) >= 11 is 0. The Balaban J connectivity index is 1.76. The number of hydrogen-bond donors (Lipinski definition) is 1. The summed E-state index contributed by atoms with van der Waals surface area (Å²) in [6.45, 7) is 1.46. The Hall–Kier alpha value is -1.98. The van der Waals surface area contributed by atoms with Crippen LogP contribution in [0.1, 0.15) is 28.4 Å². The molecular formula is C17H17NO3S. The third-order valence-electron chi connectivity index (χ3n) is 3.94. The number of fused-ring (bicyclic) bond motifs is 1. The van der Waals surface area contributed by atoms with Crippen LogP contribution in [0, 0.1) is 0 Å². The van der Waals surface area contributed by atoms with Crippen molar-refractivity contribution in [2.75, 3.05) is 0 Å². The van der Waals surface area contributed by atoms with Gasteiger partial charge in [0, 0.05) is 11.6 Å². The maximum absolute atomic E-state index is 12.4. The number of carbonyl (C=O) groups is 1. The summed E-state index contributed by atoms with van der Waals surface area (Å²) in [5.74, 6) is -0.0804. The van der Waals surface area contributed by atoms with Crippen molar-refractivity contribution in [3.63, 3.8) is 0 Å². The summed E-state index contributed by atoms with van der Waals surface area (Å²) in [6.07, 6.45) is 1.42. The number of benzene rings is 2. The first-order valence-corrected chi connectivity index (χ1v) is 8.64. The minimum atomic E-state index is -3.57. The van der Waals surface area contributed by atoms with Crippen molar-refractivity contribution in [1.82, 2.24) is 4.72 Å². The van der Waals surface area contributed by atoms with E-state index in [0.29, 0.717) is 18.4 Å². The van der Waals surface area contributed by atoms with Gasteiger partial charge in [0.2, 0.25) is 10.0 Å². The fourth-order valence-corrected chi connectivity index (χ4v) is 4.03. The Bertz CT molecular complexity index is 785. The largest absolute Gasteiger partial charge is 0.295 e. The standard InChI is InChI=1S/C17H17NO3S/c1-12(19)13-6-8-17(9-7-13)22(20,21)18-16-10-14-4-2-3-5-15(14)11-16/h2-9,16,18H,10-11H2,1H3. The lowest BCUT2D eigenvalue weighted by molar-refractivity contribution is 0.101. The van der Waals surface area contributed by atoms with Gasteiger partial charge >= 0.3 is 0 Å². The number of ketones is 1. The first-order chi connectivity index (χ1) is 10.5. The van der Waals surface area contributed by atoms with Gasteiger partial charge in [-0.25, -0.2) is 13.1 Å². The summed E-state index contributed by atoms with van der Waals surface area (Å²) in [7, 11) is -3.57. The van der Waals surface area contributed by atoms with Crippen molar-refractivity contribution in [2.45, 2.75) is 30.7 Å². The first kappa shape index (κ1) is 14.9. The molecule has 1 aliphatic rings. The van der Waals surface area contributed by atoms with E-state index in [0.717, 1.165) is 0 Å². The summed E-state index contributed by atoms with van der Waals surface area (Å²) in [5.41, 5.74) is 2.90. The average Bonchev–Trinajstić information content (AvgIpc) is 2.88. The molecule has 4 nitrogen and oxygen atoms in total. The number of carbonyl (C=O) groups excluding carboxylic acids is 1. The molecule has 0 unspecified atom stereocenters. The van der Waals surface area contributed by atoms with E-state index >= 15 is 0 Å². The van der Waals surface area contributed by atoms with Crippen molar-refractivity contribution in [3.8, 4) is 0 Å². The molecule has 0 aromatic heterocycles. The molecule has 0 saturated carbocycles. The van der Waals surface area contributed by atoms with Crippen molar-refractivity contribution in [3.05, 3.63) is 65.2 Å². The summed E-state index contributed by atoms with van der Waals surface area (Å²) in [4.78, 5) is 11.4. The molecule has 0 heterocycles. The fraction of sp³-hybridized carbons (Fsp3) is 0.235. The third-order valence-corrected chi connectivity index (χ3v) is 5.48. The van der Waals surface area contributed by atoms with Gasteiger partial charge in [-0.3, -0.25) is 4.79 Å². The van der Waals surface area contributed by atoms with Crippen LogP contribution in [-0.2, 0) is 22.9 Å². The topological polar surface area (TPSA) is 63.2 Å². The molecule has 5 heteroatoms. The van der Waals surface area contributed by atoms with E-state index < -0.39 is 10.0 Å². The molecule has 0 spiro atoms. The zero-order valence-electron chi connectivity index (χ0n) is 12.2. The van der Waals surface area contributed by atoms with Gasteiger partial charge in [-0.15, -0.1) is 0 Å². The number of hydrogen-bond acceptors (Lipinski definition) is 3. The molecular weight excluding hydrogens is 298 g/mol. The summed E-state index contributed by atoms with van der Waals surface area (Å²) < 4.78 is 27.6. The van der Waals surface area contributed by atoms with Crippen molar-refractivity contribution in [1.29, 1.82) is 0 Å². The first-order valence-electron chi connectivity index (χ1n) is 7.16. The van der Waals surface area contributed by atoms with Crippen LogP contribution in [0.2, 0.25) is 0 Å². The highest BCUT2D eigenvalue weighted by atomic mass is 32.2. The van der Waals surface area contributed by atoms with Crippen LogP contribution in [0.3, 0.4) is 0 Å². The quantitative estimate of drug-likeness (QED) is 0.881. The van der Waals surface area contributed by atoms with E-state index in [1.807, 2.05) is 24.3 Å². The molecule has 0 bridgehead atoms. The summed E-state index contributed by atoms with van der Waals surface area (Å²) in [5, 5.41) is 0. The van der Waals surface area contributed by atoms with Crippen molar-refractivity contribution in [2.24, 2.45) is 0 Å². The van der Waals surface area contributed by atoms with E-state index in [4.69, 9.17) is 0 Å². The molecule has 0 radical (unpaired) electrons. The highest BCUT2D eigenvalue weighted by molar-refractivity contribution is 7.89. The average molecular weight is 315 g/mol. The highest BCUT2D eigenvalue weighted by Crippen LogP contribution is 2.23. The minimum absolute atomic E-state index is 0.0804. The Morgan fingerprint density at radius 3 is 2.05 bits per heavy atom. The Morgan fingerprint density at radius 2 is 1.55 bits per heavy atom. The predicted molar refractivity (Wildman–Crippen MR) is 84.4 cm³/mol. The number of nitrogens with one attached hydrogen (secondary N) is 1. The lowest BCUT2D eigenvalue weighted by atomic mass is 10.1. The van der Waals surface area contributed by atoms with Gasteiger partial charge in [-0.2, -0.15) is 0 Å². The number of rotatable bonds is 4. The normalized spacial score (nSPS) is 14.8. The molecule has 0 atom stereocenters. The molecule has 0 amide bonds. The predicted octanol–water partition coefficient (Wildman–Crippen LogP) is 2.33. The Morgan fingerprint density at radius 1 is 1.00 bits per heavy atom. The molecule has 0 saturated heterocycles.